The van der Waals surface area contributed by atoms with Gasteiger partial charge in [0.2, 0.25) is 5.91 Å². The van der Waals surface area contributed by atoms with E-state index in [2.05, 4.69) is 32.9 Å². The van der Waals surface area contributed by atoms with Gasteiger partial charge < -0.3 is 14.8 Å². The third-order valence-corrected chi connectivity index (χ3v) is 3.89. The van der Waals surface area contributed by atoms with E-state index in [-0.39, 0.29) is 5.91 Å². The number of methoxy groups -OCH3 is 1. The van der Waals surface area contributed by atoms with Gasteiger partial charge in [0.15, 0.2) is 11.5 Å². The largest absolute Gasteiger partial charge is 0.493 e. The van der Waals surface area contributed by atoms with Crippen molar-refractivity contribution >= 4 is 46.1 Å². The van der Waals surface area contributed by atoms with Gasteiger partial charge in [-0.2, -0.15) is 0 Å². The lowest BCUT2D eigenvalue weighted by Crippen LogP contribution is -2.04. The number of rotatable bonds is 6. The summed E-state index contributed by atoms with van der Waals surface area (Å²) in [5.41, 5.74) is 2.47. The first-order valence-electron chi connectivity index (χ1n) is 7.45. The Morgan fingerprint density at radius 3 is 2.58 bits per heavy atom. The van der Waals surface area contributed by atoms with Crippen LogP contribution in [0.2, 0.25) is 0 Å². The molecule has 5 nitrogen and oxygen atoms in total. The van der Waals surface area contributed by atoms with Crippen LogP contribution < -0.4 is 14.8 Å². The minimum Gasteiger partial charge on any atom is -0.493 e. The van der Waals surface area contributed by atoms with E-state index >= 15 is 0 Å². The van der Waals surface area contributed by atoms with Gasteiger partial charge >= 0.3 is 0 Å². The first kappa shape index (κ1) is 18.3. The van der Waals surface area contributed by atoms with Crippen LogP contribution in [0.1, 0.15) is 19.4 Å². The summed E-state index contributed by atoms with van der Waals surface area (Å²) >= 11 is 2.22. The predicted octanol–water partition coefficient (Wildman–Crippen LogP) is 4.41. The molecule has 2 aromatic rings. The Bertz CT molecular complexity index is 743. The molecule has 0 fully saturated rings. The Labute approximate surface area is 155 Å². The normalized spacial score (nSPS) is 10.7. The maximum atomic E-state index is 11.0. The van der Waals surface area contributed by atoms with E-state index in [4.69, 9.17) is 9.47 Å². The molecule has 0 saturated heterocycles. The molecule has 2 aromatic carbocycles. The van der Waals surface area contributed by atoms with Gasteiger partial charge in [-0.3, -0.25) is 9.79 Å². The number of benzene rings is 2. The second-order valence-corrected chi connectivity index (χ2v) is 6.12. The predicted molar refractivity (Wildman–Crippen MR) is 105 cm³/mol. The van der Waals surface area contributed by atoms with Crippen molar-refractivity contribution in [2.24, 2.45) is 4.99 Å². The number of hydrogen-bond donors (Lipinski definition) is 1. The van der Waals surface area contributed by atoms with E-state index in [0.29, 0.717) is 12.4 Å². The lowest BCUT2D eigenvalue weighted by atomic mass is 10.2. The highest BCUT2D eigenvalue weighted by molar-refractivity contribution is 14.1. The van der Waals surface area contributed by atoms with Gasteiger partial charge in [0.05, 0.1) is 23.0 Å². The molecule has 0 aliphatic carbocycles. The second kappa shape index (κ2) is 8.68. The van der Waals surface area contributed by atoms with Crippen LogP contribution in [0.5, 0.6) is 11.5 Å². The maximum Gasteiger partial charge on any atom is 0.221 e. The van der Waals surface area contributed by atoms with Crippen molar-refractivity contribution < 1.29 is 14.3 Å². The zero-order valence-corrected chi connectivity index (χ0v) is 16.0. The fourth-order valence-corrected chi connectivity index (χ4v) is 2.86. The highest BCUT2D eigenvalue weighted by atomic mass is 127. The van der Waals surface area contributed by atoms with Crippen LogP contribution >= 0.6 is 22.6 Å². The van der Waals surface area contributed by atoms with Crippen molar-refractivity contribution in [1.82, 2.24) is 0 Å². The Balaban J connectivity index is 2.19. The van der Waals surface area contributed by atoms with Crippen molar-refractivity contribution in [3.05, 3.63) is 45.5 Å². The minimum atomic E-state index is -0.0951. The Hall–Kier alpha value is -2.09. The van der Waals surface area contributed by atoms with Gasteiger partial charge in [-0.25, -0.2) is 0 Å². The van der Waals surface area contributed by atoms with Crippen molar-refractivity contribution in [2.75, 3.05) is 19.0 Å². The van der Waals surface area contributed by atoms with Crippen LogP contribution in [0.4, 0.5) is 11.4 Å². The molecule has 24 heavy (non-hydrogen) atoms. The summed E-state index contributed by atoms with van der Waals surface area (Å²) in [5, 5.41) is 2.72. The zero-order chi connectivity index (χ0) is 17.5. The highest BCUT2D eigenvalue weighted by Crippen LogP contribution is 2.33. The Morgan fingerprint density at radius 2 is 2.00 bits per heavy atom. The highest BCUT2D eigenvalue weighted by Gasteiger charge is 2.10. The molecule has 0 unspecified atom stereocenters. The van der Waals surface area contributed by atoms with Gasteiger partial charge in [-0.15, -0.1) is 0 Å². The average molecular weight is 438 g/mol. The summed E-state index contributed by atoms with van der Waals surface area (Å²) in [6, 6.07) is 11.2. The summed E-state index contributed by atoms with van der Waals surface area (Å²) < 4.78 is 12.0. The van der Waals surface area contributed by atoms with Crippen LogP contribution in [0.15, 0.2) is 41.4 Å². The van der Waals surface area contributed by atoms with Gasteiger partial charge in [0.1, 0.15) is 0 Å². The van der Waals surface area contributed by atoms with Crippen molar-refractivity contribution in [3.8, 4) is 11.5 Å². The molecule has 0 heterocycles. The van der Waals surface area contributed by atoms with Gasteiger partial charge in [-0.05, 0) is 71.5 Å². The molecule has 0 spiro atoms. The third kappa shape index (κ3) is 4.95. The third-order valence-electron chi connectivity index (χ3n) is 3.09. The van der Waals surface area contributed by atoms with Crippen molar-refractivity contribution in [1.29, 1.82) is 0 Å². The number of anilines is 1. The Morgan fingerprint density at radius 1 is 1.29 bits per heavy atom. The molecular weight excluding hydrogens is 419 g/mol. The molecule has 0 aliphatic heterocycles. The molecule has 0 aromatic heterocycles. The summed E-state index contributed by atoms with van der Waals surface area (Å²) in [4.78, 5) is 15.5. The SMILES string of the molecule is CCOc1c(I)cc(C=Nc2ccc(NC(C)=O)cc2)cc1OC. The van der Waals surface area contributed by atoms with Gasteiger partial charge in [-0.1, -0.05) is 0 Å². The fraction of sp³-hybridized carbons (Fsp3) is 0.222. The summed E-state index contributed by atoms with van der Waals surface area (Å²) in [6.45, 7) is 4.00. The summed E-state index contributed by atoms with van der Waals surface area (Å²) in [7, 11) is 1.62. The monoisotopic (exact) mass is 438 g/mol. The van der Waals surface area contributed by atoms with Crippen LogP contribution in [0, 0.1) is 3.57 Å². The zero-order valence-electron chi connectivity index (χ0n) is 13.8. The van der Waals surface area contributed by atoms with E-state index in [0.717, 1.165) is 26.3 Å². The number of hydrogen-bond acceptors (Lipinski definition) is 4. The number of halogens is 1. The molecular formula is C18H19IN2O3. The Kier molecular flexibility index (Phi) is 6.60. The lowest BCUT2D eigenvalue weighted by Gasteiger charge is -2.12. The van der Waals surface area contributed by atoms with Crippen LogP contribution in [-0.4, -0.2) is 25.8 Å². The second-order valence-electron chi connectivity index (χ2n) is 4.95. The molecule has 2 rings (SSSR count). The van der Waals surface area contributed by atoms with Crippen LogP contribution in [-0.2, 0) is 4.79 Å². The molecule has 126 valence electrons. The number of carbonyl (C=O) groups is 1. The lowest BCUT2D eigenvalue weighted by molar-refractivity contribution is -0.114. The molecule has 1 amide bonds. The molecule has 0 atom stereocenters. The fourth-order valence-electron chi connectivity index (χ4n) is 2.08. The van der Waals surface area contributed by atoms with E-state index in [1.54, 1.807) is 13.3 Å². The van der Waals surface area contributed by atoms with Crippen LogP contribution in [0.3, 0.4) is 0 Å². The molecule has 0 saturated carbocycles. The maximum absolute atomic E-state index is 11.0. The van der Waals surface area contributed by atoms with E-state index < -0.39 is 0 Å². The topological polar surface area (TPSA) is 59.9 Å². The first-order chi connectivity index (χ1) is 11.5. The molecule has 0 radical (unpaired) electrons. The number of ether oxygens (including phenoxy) is 2. The van der Waals surface area contributed by atoms with Gasteiger partial charge in [0.25, 0.3) is 0 Å². The standard InChI is InChI=1S/C18H19IN2O3/c1-4-24-18-16(19)9-13(10-17(18)23-3)11-20-14-5-7-15(8-6-14)21-12(2)22/h5-11H,4H2,1-3H3,(H,21,22). The van der Waals surface area contributed by atoms with Gasteiger partial charge in [0, 0.05) is 18.8 Å². The summed E-state index contributed by atoms with van der Waals surface area (Å²) in [6.07, 6.45) is 1.77. The van der Waals surface area contributed by atoms with E-state index in [9.17, 15) is 4.79 Å². The number of carbonyl (C=O) groups excluding carboxylic acids is 1. The minimum absolute atomic E-state index is 0.0951. The number of aliphatic imine (C=N–C) groups is 1. The number of nitrogens with zero attached hydrogens (tertiary/aromatic N) is 1. The number of nitrogens with one attached hydrogen (secondary N) is 1. The van der Waals surface area contributed by atoms with Crippen molar-refractivity contribution in [2.45, 2.75) is 13.8 Å². The first-order valence-corrected chi connectivity index (χ1v) is 8.53. The smallest absolute Gasteiger partial charge is 0.221 e. The van der Waals surface area contributed by atoms with E-state index in [1.807, 2.05) is 43.3 Å². The molecule has 6 heteroatoms. The molecule has 1 N–H and O–H groups in total. The summed E-state index contributed by atoms with van der Waals surface area (Å²) in [5.74, 6) is 1.34. The van der Waals surface area contributed by atoms with Crippen molar-refractivity contribution in [3.63, 3.8) is 0 Å². The number of amides is 1. The average Bonchev–Trinajstić information content (AvgIpc) is 2.55. The molecule has 0 aliphatic rings. The molecule has 0 bridgehead atoms. The van der Waals surface area contributed by atoms with E-state index in [1.165, 1.54) is 6.92 Å². The van der Waals surface area contributed by atoms with Crippen LogP contribution in [0.25, 0.3) is 0 Å². The quantitative estimate of drug-likeness (QED) is 0.537.